The molecule has 0 unspecified atom stereocenters. The molecule has 20 heavy (non-hydrogen) atoms. The van der Waals surface area contributed by atoms with E-state index in [2.05, 4.69) is 10.3 Å². The van der Waals surface area contributed by atoms with Gasteiger partial charge in [-0.1, -0.05) is 37.5 Å². The molecule has 1 aromatic heterocycles. The molecule has 1 aromatic carbocycles. The predicted octanol–water partition coefficient (Wildman–Crippen LogP) is 2.88. The monoisotopic (exact) mass is 269 g/mol. The summed E-state index contributed by atoms with van der Waals surface area (Å²) in [5, 5.41) is 3.99. The van der Waals surface area contributed by atoms with Crippen molar-refractivity contribution in [3.05, 3.63) is 35.9 Å². The summed E-state index contributed by atoms with van der Waals surface area (Å²) in [6.07, 6.45) is 5.82. The van der Waals surface area contributed by atoms with Crippen LogP contribution in [0.4, 0.5) is 5.82 Å². The van der Waals surface area contributed by atoms with E-state index in [1.54, 1.807) is 6.07 Å². The number of hydrogen-bond donors (Lipinski definition) is 2. The van der Waals surface area contributed by atoms with Gasteiger partial charge in [-0.05, 0) is 25.0 Å². The van der Waals surface area contributed by atoms with E-state index >= 15 is 0 Å². The summed E-state index contributed by atoms with van der Waals surface area (Å²) in [6.45, 7) is 0. The molecule has 1 aliphatic rings. The third kappa shape index (κ3) is 2.59. The number of nitrogens with one attached hydrogen (secondary N) is 1. The van der Waals surface area contributed by atoms with Gasteiger partial charge in [-0.15, -0.1) is 0 Å². The molecule has 3 N–H and O–H groups in total. The average molecular weight is 269 g/mol. The molecule has 0 spiro atoms. The van der Waals surface area contributed by atoms with Crippen LogP contribution in [0.15, 0.2) is 30.3 Å². The second kappa shape index (κ2) is 5.49. The number of nitrogens with two attached hydrogens (primary N) is 1. The smallest absolute Gasteiger partial charge is 0.252 e. The van der Waals surface area contributed by atoms with Gasteiger partial charge in [0.1, 0.15) is 5.82 Å². The molecule has 0 aliphatic heterocycles. The van der Waals surface area contributed by atoms with E-state index in [9.17, 15) is 4.79 Å². The van der Waals surface area contributed by atoms with Crippen LogP contribution in [0.2, 0.25) is 0 Å². The first-order valence-corrected chi connectivity index (χ1v) is 7.20. The number of hydrogen-bond acceptors (Lipinski definition) is 3. The van der Waals surface area contributed by atoms with E-state index in [1.165, 1.54) is 19.3 Å². The lowest BCUT2D eigenvalue weighted by molar-refractivity contribution is 0.0929. The maximum absolute atomic E-state index is 12.5. The molecule has 1 heterocycles. The molecule has 2 aromatic rings. The number of para-hydroxylation sites is 1. The number of anilines is 1. The highest BCUT2D eigenvalue weighted by atomic mass is 16.1. The molecular weight excluding hydrogens is 250 g/mol. The van der Waals surface area contributed by atoms with Gasteiger partial charge in [0.25, 0.3) is 5.91 Å². The number of carbonyl (C=O) groups is 1. The minimum Gasteiger partial charge on any atom is -0.384 e. The molecular formula is C16H19N3O. The number of carbonyl (C=O) groups excluding carboxylic acids is 1. The Bertz CT molecular complexity index is 633. The Balaban J connectivity index is 1.90. The Morgan fingerprint density at radius 3 is 2.75 bits per heavy atom. The van der Waals surface area contributed by atoms with Crippen molar-refractivity contribution < 1.29 is 4.79 Å². The molecule has 1 aliphatic carbocycles. The standard InChI is InChI=1S/C16H19N3O/c17-15-10-13(12-8-4-5-9-14(12)19-15)16(20)18-11-6-2-1-3-7-11/h4-5,8-11H,1-3,6-7H2,(H2,17,19)(H,18,20). The van der Waals surface area contributed by atoms with Gasteiger partial charge in [0.2, 0.25) is 0 Å². The largest absolute Gasteiger partial charge is 0.384 e. The van der Waals surface area contributed by atoms with Crippen molar-refractivity contribution in [2.75, 3.05) is 5.73 Å². The summed E-state index contributed by atoms with van der Waals surface area (Å²) in [5.74, 6) is 0.347. The number of aromatic nitrogens is 1. The molecule has 3 rings (SSSR count). The van der Waals surface area contributed by atoms with E-state index < -0.39 is 0 Å². The maximum atomic E-state index is 12.5. The van der Waals surface area contributed by atoms with E-state index in [0.717, 1.165) is 23.7 Å². The first kappa shape index (κ1) is 12.9. The van der Waals surface area contributed by atoms with Crippen LogP contribution in [0.1, 0.15) is 42.5 Å². The second-order valence-corrected chi connectivity index (χ2v) is 5.42. The van der Waals surface area contributed by atoms with Crippen LogP contribution in [-0.2, 0) is 0 Å². The lowest BCUT2D eigenvalue weighted by Gasteiger charge is -2.23. The van der Waals surface area contributed by atoms with Crippen LogP contribution in [0.25, 0.3) is 10.9 Å². The number of amides is 1. The number of pyridine rings is 1. The predicted molar refractivity (Wildman–Crippen MR) is 80.5 cm³/mol. The van der Waals surface area contributed by atoms with Gasteiger partial charge in [0.05, 0.1) is 11.1 Å². The quantitative estimate of drug-likeness (QED) is 0.880. The van der Waals surface area contributed by atoms with E-state index in [-0.39, 0.29) is 5.91 Å². The summed E-state index contributed by atoms with van der Waals surface area (Å²) in [4.78, 5) is 16.7. The van der Waals surface area contributed by atoms with Gasteiger partial charge in [0, 0.05) is 11.4 Å². The summed E-state index contributed by atoms with van der Waals surface area (Å²) in [7, 11) is 0. The van der Waals surface area contributed by atoms with Crippen molar-refractivity contribution in [2.24, 2.45) is 0 Å². The fraction of sp³-hybridized carbons (Fsp3) is 0.375. The molecule has 0 saturated heterocycles. The summed E-state index contributed by atoms with van der Waals surface area (Å²) in [6, 6.07) is 9.57. The van der Waals surface area contributed by atoms with Gasteiger partial charge in [-0.3, -0.25) is 4.79 Å². The Morgan fingerprint density at radius 1 is 1.20 bits per heavy atom. The number of nitrogens with zero attached hydrogens (tertiary/aromatic N) is 1. The summed E-state index contributed by atoms with van der Waals surface area (Å²) >= 11 is 0. The van der Waals surface area contributed by atoms with Crippen LogP contribution in [0.5, 0.6) is 0 Å². The highest BCUT2D eigenvalue weighted by molar-refractivity contribution is 6.06. The number of nitrogen functional groups attached to an aromatic ring is 1. The zero-order chi connectivity index (χ0) is 13.9. The number of fused-ring (bicyclic) bond motifs is 1. The minimum atomic E-state index is -0.0396. The molecule has 1 fully saturated rings. The Kier molecular flexibility index (Phi) is 3.54. The first-order chi connectivity index (χ1) is 9.74. The maximum Gasteiger partial charge on any atom is 0.252 e. The van der Waals surface area contributed by atoms with Crippen LogP contribution in [0, 0.1) is 0 Å². The van der Waals surface area contributed by atoms with Gasteiger partial charge in [-0.25, -0.2) is 4.98 Å². The van der Waals surface area contributed by atoms with Crippen LogP contribution in [-0.4, -0.2) is 16.9 Å². The van der Waals surface area contributed by atoms with Crippen molar-refractivity contribution in [2.45, 2.75) is 38.1 Å². The Morgan fingerprint density at radius 2 is 1.95 bits per heavy atom. The van der Waals surface area contributed by atoms with Gasteiger partial charge in [0.15, 0.2) is 0 Å². The van der Waals surface area contributed by atoms with E-state index in [0.29, 0.717) is 17.4 Å². The molecule has 4 nitrogen and oxygen atoms in total. The molecule has 1 amide bonds. The van der Waals surface area contributed by atoms with Crippen LogP contribution < -0.4 is 11.1 Å². The zero-order valence-electron chi connectivity index (χ0n) is 11.4. The molecule has 0 atom stereocenters. The molecule has 0 radical (unpaired) electrons. The van der Waals surface area contributed by atoms with E-state index in [4.69, 9.17) is 5.73 Å². The van der Waals surface area contributed by atoms with Crippen molar-refractivity contribution >= 4 is 22.6 Å². The van der Waals surface area contributed by atoms with E-state index in [1.807, 2.05) is 24.3 Å². The fourth-order valence-electron chi connectivity index (χ4n) is 2.89. The first-order valence-electron chi connectivity index (χ1n) is 7.20. The molecule has 0 bridgehead atoms. The molecule has 4 heteroatoms. The second-order valence-electron chi connectivity index (χ2n) is 5.42. The highest BCUT2D eigenvalue weighted by Gasteiger charge is 2.18. The normalized spacial score (nSPS) is 16.2. The zero-order valence-corrected chi connectivity index (χ0v) is 11.4. The number of benzene rings is 1. The average Bonchev–Trinajstić information content (AvgIpc) is 2.47. The van der Waals surface area contributed by atoms with Gasteiger partial charge < -0.3 is 11.1 Å². The van der Waals surface area contributed by atoms with Crippen molar-refractivity contribution in [3.8, 4) is 0 Å². The lowest BCUT2D eigenvalue weighted by atomic mass is 9.95. The van der Waals surface area contributed by atoms with Crippen molar-refractivity contribution in [3.63, 3.8) is 0 Å². The van der Waals surface area contributed by atoms with Gasteiger partial charge >= 0.3 is 0 Å². The molecule has 1 saturated carbocycles. The minimum absolute atomic E-state index is 0.0396. The Labute approximate surface area is 118 Å². The highest BCUT2D eigenvalue weighted by Crippen LogP contribution is 2.21. The fourth-order valence-corrected chi connectivity index (χ4v) is 2.89. The van der Waals surface area contributed by atoms with Crippen molar-refractivity contribution in [1.29, 1.82) is 0 Å². The SMILES string of the molecule is Nc1cc(C(=O)NC2CCCCC2)c2ccccc2n1. The van der Waals surface area contributed by atoms with Gasteiger partial charge in [-0.2, -0.15) is 0 Å². The summed E-state index contributed by atoms with van der Waals surface area (Å²) in [5.41, 5.74) is 7.19. The lowest BCUT2D eigenvalue weighted by Crippen LogP contribution is -2.36. The van der Waals surface area contributed by atoms with Crippen LogP contribution >= 0.6 is 0 Å². The third-order valence-electron chi connectivity index (χ3n) is 3.92. The summed E-state index contributed by atoms with van der Waals surface area (Å²) < 4.78 is 0. The van der Waals surface area contributed by atoms with Crippen molar-refractivity contribution in [1.82, 2.24) is 10.3 Å². The molecule has 104 valence electrons. The topological polar surface area (TPSA) is 68.0 Å². The third-order valence-corrected chi connectivity index (χ3v) is 3.92. The number of rotatable bonds is 2. The Hall–Kier alpha value is -2.10. The van der Waals surface area contributed by atoms with Crippen LogP contribution in [0.3, 0.4) is 0 Å².